The summed E-state index contributed by atoms with van der Waals surface area (Å²) in [5.74, 6) is -1.73. The van der Waals surface area contributed by atoms with Gasteiger partial charge in [-0.1, -0.05) is 11.3 Å². The van der Waals surface area contributed by atoms with Crippen LogP contribution in [-0.4, -0.2) is 43.4 Å². The molecule has 0 unspecified atom stereocenters. The van der Waals surface area contributed by atoms with Gasteiger partial charge in [0.1, 0.15) is 12.4 Å². The summed E-state index contributed by atoms with van der Waals surface area (Å²) in [5, 5.41) is 15.8. The number of carboxylic acid groups (broad SMARTS) is 1. The fourth-order valence-corrected chi connectivity index (χ4v) is 2.45. The molecule has 0 aliphatic carbocycles. The molecule has 2 aromatic rings. The van der Waals surface area contributed by atoms with Crippen LogP contribution >= 0.6 is 0 Å². The minimum absolute atomic E-state index is 0.0923. The van der Waals surface area contributed by atoms with Gasteiger partial charge in [-0.2, -0.15) is 0 Å². The summed E-state index contributed by atoms with van der Waals surface area (Å²) in [4.78, 5) is 24.6. The number of fused-ring (bicyclic) bond motifs is 1. The van der Waals surface area contributed by atoms with Crippen LogP contribution in [0.5, 0.6) is 0 Å². The van der Waals surface area contributed by atoms with E-state index in [1.165, 1.54) is 23.0 Å². The van der Waals surface area contributed by atoms with Crippen LogP contribution in [-0.2, 0) is 24.3 Å². The molecule has 7 nitrogen and oxygen atoms in total. The number of carbonyl (C=O) groups excluding carboxylic acids is 1. The van der Waals surface area contributed by atoms with Crippen molar-refractivity contribution >= 4 is 11.9 Å². The number of carboxylic acids is 1. The van der Waals surface area contributed by atoms with Gasteiger partial charge in [0.2, 0.25) is 5.91 Å². The Morgan fingerprint density at radius 2 is 2.14 bits per heavy atom. The summed E-state index contributed by atoms with van der Waals surface area (Å²) < 4.78 is 14.5. The first-order valence-electron chi connectivity index (χ1n) is 6.71. The maximum Gasteiger partial charge on any atom is 0.358 e. The summed E-state index contributed by atoms with van der Waals surface area (Å²) in [6.45, 7) is 0.787. The molecular formula is C14H13FN4O3. The zero-order valence-electron chi connectivity index (χ0n) is 11.6. The van der Waals surface area contributed by atoms with Gasteiger partial charge in [0.05, 0.1) is 6.20 Å². The lowest BCUT2D eigenvalue weighted by molar-refractivity contribution is -0.133. The second-order valence-electron chi connectivity index (χ2n) is 5.08. The highest BCUT2D eigenvalue weighted by Crippen LogP contribution is 2.20. The van der Waals surface area contributed by atoms with E-state index in [1.807, 2.05) is 0 Å². The Morgan fingerprint density at radius 3 is 2.86 bits per heavy atom. The SMILES string of the molecule is O=C(O)c1cn(CC(=O)N2CCc3ccc(F)cc3C2)nn1. The highest BCUT2D eigenvalue weighted by molar-refractivity contribution is 5.84. The van der Waals surface area contributed by atoms with Crippen LogP contribution in [0.25, 0.3) is 0 Å². The van der Waals surface area contributed by atoms with E-state index in [-0.39, 0.29) is 24.0 Å². The molecule has 1 aromatic carbocycles. The highest BCUT2D eigenvalue weighted by Gasteiger charge is 2.22. The Morgan fingerprint density at radius 1 is 1.32 bits per heavy atom. The molecule has 0 saturated carbocycles. The molecule has 22 heavy (non-hydrogen) atoms. The average molecular weight is 304 g/mol. The quantitative estimate of drug-likeness (QED) is 0.901. The van der Waals surface area contributed by atoms with E-state index in [4.69, 9.17) is 5.11 Å². The summed E-state index contributed by atoms with van der Waals surface area (Å²) >= 11 is 0. The van der Waals surface area contributed by atoms with E-state index in [2.05, 4.69) is 10.3 Å². The zero-order valence-corrected chi connectivity index (χ0v) is 11.6. The van der Waals surface area contributed by atoms with Crippen molar-refractivity contribution in [2.75, 3.05) is 6.54 Å². The fraction of sp³-hybridized carbons (Fsp3) is 0.286. The van der Waals surface area contributed by atoms with Crippen LogP contribution in [0.3, 0.4) is 0 Å². The predicted molar refractivity (Wildman–Crippen MR) is 72.5 cm³/mol. The molecule has 1 aromatic heterocycles. The molecule has 0 atom stereocenters. The van der Waals surface area contributed by atoms with Gasteiger partial charge in [-0.05, 0) is 29.7 Å². The van der Waals surface area contributed by atoms with E-state index >= 15 is 0 Å². The van der Waals surface area contributed by atoms with Crippen molar-refractivity contribution in [2.45, 2.75) is 19.5 Å². The van der Waals surface area contributed by atoms with Crippen LogP contribution < -0.4 is 0 Å². The van der Waals surface area contributed by atoms with Gasteiger partial charge in [-0.15, -0.1) is 5.10 Å². The van der Waals surface area contributed by atoms with Crippen molar-refractivity contribution < 1.29 is 19.1 Å². The normalized spacial score (nSPS) is 13.8. The van der Waals surface area contributed by atoms with Crippen molar-refractivity contribution in [2.24, 2.45) is 0 Å². The molecule has 114 valence electrons. The predicted octanol–water partition coefficient (Wildman–Crippen LogP) is 0.700. The fourth-order valence-electron chi connectivity index (χ4n) is 2.45. The summed E-state index contributed by atoms with van der Waals surface area (Å²) in [7, 11) is 0. The third-order valence-corrected chi connectivity index (χ3v) is 3.59. The van der Waals surface area contributed by atoms with Crippen LogP contribution in [0, 0.1) is 5.82 Å². The number of hydrogen-bond acceptors (Lipinski definition) is 4. The molecule has 0 fully saturated rings. The van der Waals surface area contributed by atoms with Gasteiger partial charge < -0.3 is 10.0 Å². The molecular weight excluding hydrogens is 291 g/mol. The maximum atomic E-state index is 13.3. The number of carbonyl (C=O) groups is 2. The van der Waals surface area contributed by atoms with E-state index in [0.717, 1.165) is 11.1 Å². The van der Waals surface area contributed by atoms with Gasteiger partial charge in [0.25, 0.3) is 0 Å². The van der Waals surface area contributed by atoms with Crippen molar-refractivity contribution in [3.8, 4) is 0 Å². The third kappa shape index (κ3) is 2.80. The second-order valence-corrected chi connectivity index (χ2v) is 5.08. The number of amides is 1. The molecule has 3 rings (SSSR count). The smallest absolute Gasteiger partial charge is 0.358 e. The Labute approximate surface area is 125 Å². The lowest BCUT2D eigenvalue weighted by Gasteiger charge is -2.28. The zero-order chi connectivity index (χ0) is 15.7. The number of hydrogen-bond donors (Lipinski definition) is 1. The Balaban J connectivity index is 1.69. The number of halogens is 1. The molecule has 1 amide bonds. The molecule has 0 spiro atoms. The van der Waals surface area contributed by atoms with Crippen LogP contribution in [0.4, 0.5) is 4.39 Å². The molecule has 1 aliphatic heterocycles. The number of aromatic nitrogens is 3. The molecule has 0 saturated heterocycles. The number of aromatic carboxylic acids is 1. The topological polar surface area (TPSA) is 88.3 Å². The standard InChI is InChI=1S/C14H13FN4O3/c15-11-2-1-9-3-4-18(6-10(9)5-11)13(20)8-19-7-12(14(21)22)16-17-19/h1-2,5,7H,3-4,6,8H2,(H,21,22). The summed E-state index contributed by atoms with van der Waals surface area (Å²) in [5.41, 5.74) is 1.63. The monoisotopic (exact) mass is 304 g/mol. The van der Waals surface area contributed by atoms with Crippen LogP contribution in [0.2, 0.25) is 0 Å². The van der Waals surface area contributed by atoms with Crippen LogP contribution in [0.15, 0.2) is 24.4 Å². The lowest BCUT2D eigenvalue weighted by Crippen LogP contribution is -2.38. The number of nitrogens with zero attached hydrogens (tertiary/aromatic N) is 4. The first-order valence-corrected chi connectivity index (χ1v) is 6.71. The summed E-state index contributed by atoms with van der Waals surface area (Å²) in [6, 6.07) is 4.59. The minimum atomic E-state index is -1.19. The van der Waals surface area contributed by atoms with Crippen molar-refractivity contribution in [1.82, 2.24) is 19.9 Å². The van der Waals surface area contributed by atoms with E-state index in [0.29, 0.717) is 19.5 Å². The summed E-state index contributed by atoms with van der Waals surface area (Å²) in [6.07, 6.45) is 1.87. The van der Waals surface area contributed by atoms with E-state index in [9.17, 15) is 14.0 Å². The van der Waals surface area contributed by atoms with Crippen molar-refractivity contribution in [1.29, 1.82) is 0 Å². The van der Waals surface area contributed by atoms with E-state index in [1.54, 1.807) is 11.0 Å². The van der Waals surface area contributed by atoms with Gasteiger partial charge in [0, 0.05) is 13.1 Å². The van der Waals surface area contributed by atoms with E-state index < -0.39 is 5.97 Å². The first-order chi connectivity index (χ1) is 10.5. The van der Waals surface area contributed by atoms with Gasteiger partial charge in [-0.25, -0.2) is 13.9 Å². The lowest BCUT2D eigenvalue weighted by atomic mass is 9.99. The molecule has 0 bridgehead atoms. The Kier molecular flexibility index (Phi) is 3.58. The Hall–Kier alpha value is -2.77. The molecule has 1 N–H and O–H groups in total. The van der Waals surface area contributed by atoms with Gasteiger partial charge in [-0.3, -0.25) is 4.79 Å². The maximum absolute atomic E-state index is 13.3. The molecule has 2 heterocycles. The largest absolute Gasteiger partial charge is 0.476 e. The third-order valence-electron chi connectivity index (χ3n) is 3.59. The highest BCUT2D eigenvalue weighted by atomic mass is 19.1. The van der Waals surface area contributed by atoms with Gasteiger partial charge >= 0.3 is 5.97 Å². The minimum Gasteiger partial charge on any atom is -0.476 e. The van der Waals surface area contributed by atoms with Gasteiger partial charge in [0.15, 0.2) is 5.69 Å². The Bertz CT molecular complexity index is 743. The average Bonchev–Trinajstić information content (AvgIpc) is 2.95. The van der Waals surface area contributed by atoms with Crippen molar-refractivity contribution in [3.05, 3.63) is 47.0 Å². The first kappa shape index (κ1) is 14.2. The number of benzene rings is 1. The molecule has 1 aliphatic rings. The number of rotatable bonds is 3. The second kappa shape index (κ2) is 5.55. The van der Waals surface area contributed by atoms with Crippen molar-refractivity contribution in [3.63, 3.8) is 0 Å². The van der Waals surface area contributed by atoms with Crippen LogP contribution in [0.1, 0.15) is 21.6 Å². The molecule has 0 radical (unpaired) electrons. The molecule has 8 heteroatoms.